The van der Waals surface area contributed by atoms with Crippen LogP contribution in [-0.2, 0) is 17.6 Å². The first-order chi connectivity index (χ1) is 14.0. The molecule has 3 aromatic rings. The Morgan fingerprint density at radius 3 is 2.69 bits per heavy atom. The Labute approximate surface area is 167 Å². The maximum atomic E-state index is 12.8. The fraction of sp³-hybridized carbons (Fsp3) is 0.381. The van der Waals surface area contributed by atoms with Crippen molar-refractivity contribution in [3.8, 4) is 0 Å². The van der Waals surface area contributed by atoms with E-state index in [4.69, 9.17) is 0 Å². The van der Waals surface area contributed by atoms with Gasteiger partial charge in [0, 0.05) is 24.2 Å². The number of amides is 1. The minimum absolute atomic E-state index is 0.0695. The van der Waals surface area contributed by atoms with Gasteiger partial charge in [0.1, 0.15) is 17.2 Å². The lowest BCUT2D eigenvalue weighted by Gasteiger charge is -2.24. The number of nitrogens with zero attached hydrogens (tertiary/aromatic N) is 4. The molecule has 0 bridgehead atoms. The van der Waals surface area contributed by atoms with Gasteiger partial charge in [-0.15, -0.1) is 0 Å². The molecule has 1 N–H and O–H groups in total. The van der Waals surface area contributed by atoms with Crippen LogP contribution >= 0.6 is 0 Å². The lowest BCUT2D eigenvalue weighted by atomic mass is 10.0. The van der Waals surface area contributed by atoms with Crippen molar-refractivity contribution in [3.05, 3.63) is 74.7 Å². The molecule has 0 aliphatic carbocycles. The van der Waals surface area contributed by atoms with E-state index in [-0.39, 0.29) is 23.9 Å². The number of aromatic amines is 1. The summed E-state index contributed by atoms with van der Waals surface area (Å²) in [6, 6.07) is 9.60. The summed E-state index contributed by atoms with van der Waals surface area (Å²) >= 11 is 0. The summed E-state index contributed by atoms with van der Waals surface area (Å²) in [6.45, 7) is 4.24. The smallest absolute Gasteiger partial charge is 0.254 e. The zero-order chi connectivity index (χ0) is 20.4. The largest absolute Gasteiger partial charge is 0.332 e. The number of aromatic nitrogens is 4. The van der Waals surface area contributed by atoms with Crippen LogP contribution in [0.15, 0.2) is 39.8 Å². The third-order valence-electron chi connectivity index (χ3n) is 5.42. The molecule has 0 unspecified atom stereocenters. The molecule has 4 rings (SSSR count). The molecule has 1 aromatic carbocycles. The van der Waals surface area contributed by atoms with Crippen molar-refractivity contribution in [2.24, 2.45) is 0 Å². The first-order valence-electron chi connectivity index (χ1n) is 9.74. The van der Waals surface area contributed by atoms with Crippen LogP contribution in [0, 0.1) is 13.8 Å². The van der Waals surface area contributed by atoms with Crippen molar-refractivity contribution in [2.45, 2.75) is 45.6 Å². The number of hydrogen-bond acceptors (Lipinski definition) is 6. The van der Waals surface area contributed by atoms with Crippen LogP contribution in [0.5, 0.6) is 0 Å². The van der Waals surface area contributed by atoms with Crippen molar-refractivity contribution in [1.29, 1.82) is 0 Å². The number of H-pyrrole nitrogens is 1. The van der Waals surface area contributed by atoms with Gasteiger partial charge >= 0.3 is 0 Å². The van der Waals surface area contributed by atoms with E-state index in [1.165, 1.54) is 0 Å². The molecule has 1 saturated heterocycles. The molecule has 0 radical (unpaired) electrons. The summed E-state index contributed by atoms with van der Waals surface area (Å²) in [5.74, 6) is 0.477. The van der Waals surface area contributed by atoms with Crippen molar-refractivity contribution in [2.75, 3.05) is 6.54 Å². The van der Waals surface area contributed by atoms with Gasteiger partial charge in [0.15, 0.2) is 0 Å². The average Bonchev–Trinajstić information content (AvgIpc) is 3.35. The lowest BCUT2D eigenvalue weighted by molar-refractivity contribution is -0.131. The van der Waals surface area contributed by atoms with Crippen molar-refractivity contribution in [1.82, 2.24) is 25.2 Å². The van der Waals surface area contributed by atoms with Gasteiger partial charge in [-0.25, -0.2) is 9.61 Å². The van der Waals surface area contributed by atoms with E-state index in [0.717, 1.165) is 18.4 Å². The number of nitrogens with one attached hydrogen (secondary N) is 1. The van der Waals surface area contributed by atoms with Gasteiger partial charge in [0.05, 0.1) is 12.5 Å². The van der Waals surface area contributed by atoms with Crippen LogP contribution in [0.25, 0.3) is 0 Å². The molecule has 8 nitrogen and oxygen atoms in total. The summed E-state index contributed by atoms with van der Waals surface area (Å²) in [4.78, 5) is 35.0. The van der Waals surface area contributed by atoms with Crippen molar-refractivity contribution in [3.63, 3.8) is 0 Å². The van der Waals surface area contributed by atoms with E-state index in [0.29, 0.717) is 41.4 Å². The van der Waals surface area contributed by atoms with Gasteiger partial charge in [-0.05, 0) is 32.3 Å². The second kappa shape index (κ2) is 7.98. The Morgan fingerprint density at radius 2 is 2.00 bits per heavy atom. The molecular weight excluding hydrogens is 370 g/mol. The molecule has 1 aliphatic heterocycles. The molecule has 150 valence electrons. The Kier molecular flexibility index (Phi) is 5.24. The molecule has 1 amide bonds. The molecule has 8 heteroatoms. The molecule has 3 heterocycles. The topological polar surface area (TPSA) is 105 Å². The first-order valence-corrected chi connectivity index (χ1v) is 9.74. The summed E-state index contributed by atoms with van der Waals surface area (Å²) < 4.78 is 4.68. The highest BCUT2D eigenvalue weighted by atomic mass is 16.6. The van der Waals surface area contributed by atoms with Crippen molar-refractivity contribution < 1.29 is 9.42 Å². The highest BCUT2D eigenvalue weighted by Gasteiger charge is 2.32. The van der Waals surface area contributed by atoms with E-state index in [9.17, 15) is 9.59 Å². The lowest BCUT2D eigenvalue weighted by Crippen LogP contribution is -2.34. The molecule has 29 heavy (non-hydrogen) atoms. The van der Waals surface area contributed by atoms with Gasteiger partial charge in [-0.3, -0.25) is 9.59 Å². The Hall–Kier alpha value is -3.29. The summed E-state index contributed by atoms with van der Waals surface area (Å²) in [5, 5.41) is 7.52. The summed E-state index contributed by atoms with van der Waals surface area (Å²) in [5.41, 5.74) is 3.42. The summed E-state index contributed by atoms with van der Waals surface area (Å²) in [7, 11) is 0. The van der Waals surface area contributed by atoms with E-state index < -0.39 is 0 Å². The molecule has 1 aliphatic rings. The number of likely N-dealkylation sites (tertiary alicyclic amines) is 1. The fourth-order valence-corrected chi connectivity index (χ4v) is 3.80. The van der Waals surface area contributed by atoms with Crippen LogP contribution < -0.4 is 5.56 Å². The number of hydrogen-bond donors (Lipinski definition) is 1. The maximum absolute atomic E-state index is 12.8. The fourth-order valence-electron chi connectivity index (χ4n) is 3.80. The normalized spacial score (nSPS) is 16.3. The second-order valence-corrected chi connectivity index (χ2v) is 7.40. The Morgan fingerprint density at radius 1 is 1.21 bits per heavy atom. The van der Waals surface area contributed by atoms with Gasteiger partial charge in [0.25, 0.3) is 5.56 Å². The summed E-state index contributed by atoms with van der Waals surface area (Å²) in [6.07, 6.45) is 2.28. The van der Waals surface area contributed by atoms with E-state index in [1.54, 1.807) is 11.8 Å². The van der Waals surface area contributed by atoms with Crippen LogP contribution in [-0.4, -0.2) is 37.6 Å². The minimum Gasteiger partial charge on any atom is -0.332 e. The van der Waals surface area contributed by atoms with E-state index in [1.807, 2.05) is 37.3 Å². The molecule has 0 spiro atoms. The highest BCUT2D eigenvalue weighted by Crippen LogP contribution is 2.30. The van der Waals surface area contributed by atoms with Gasteiger partial charge in [0.2, 0.25) is 5.91 Å². The van der Waals surface area contributed by atoms with Gasteiger partial charge < -0.3 is 9.88 Å². The number of carbonyl (C=O) groups excluding carboxylic acids is 1. The first kappa shape index (κ1) is 19.0. The Bertz CT molecular complexity index is 1070. The van der Waals surface area contributed by atoms with Gasteiger partial charge in [-0.1, -0.05) is 40.6 Å². The average molecular weight is 393 g/mol. The standard InChI is InChI=1S/C21H23N5O3/c1-13-16(11-15-7-4-3-5-8-15)21(28)23-20(22-13)18-9-6-10-26(18)19(27)12-17-14(2)24-29-25-17/h3-5,7-8,18H,6,9-12H2,1-2H3,(H,22,23,28)/t18-/m0/s1. The monoisotopic (exact) mass is 393 g/mol. The predicted molar refractivity (Wildman–Crippen MR) is 105 cm³/mol. The molecular formula is C21H23N5O3. The molecule has 1 atom stereocenters. The number of carbonyl (C=O) groups is 1. The third kappa shape index (κ3) is 3.96. The molecule has 2 aromatic heterocycles. The zero-order valence-electron chi connectivity index (χ0n) is 16.5. The van der Waals surface area contributed by atoms with Crippen LogP contribution in [0.3, 0.4) is 0 Å². The third-order valence-corrected chi connectivity index (χ3v) is 5.42. The zero-order valence-corrected chi connectivity index (χ0v) is 16.5. The molecule has 0 saturated carbocycles. The van der Waals surface area contributed by atoms with Crippen molar-refractivity contribution >= 4 is 5.91 Å². The maximum Gasteiger partial charge on any atom is 0.254 e. The quantitative estimate of drug-likeness (QED) is 0.713. The Balaban J connectivity index is 1.56. The SMILES string of the molecule is Cc1nonc1CC(=O)N1CCC[C@H]1c1nc(C)c(Cc2ccccc2)c(=O)[nH]1. The molecule has 1 fully saturated rings. The van der Waals surface area contributed by atoms with Gasteiger partial charge in [-0.2, -0.15) is 0 Å². The number of aryl methyl sites for hydroxylation is 2. The van der Waals surface area contributed by atoms with E-state index >= 15 is 0 Å². The number of rotatable bonds is 5. The van der Waals surface area contributed by atoms with Crippen LogP contribution in [0.1, 0.15) is 52.9 Å². The number of benzene rings is 1. The van der Waals surface area contributed by atoms with E-state index in [2.05, 4.69) is 24.9 Å². The predicted octanol–water partition coefficient (Wildman–Crippen LogP) is 2.27. The highest BCUT2D eigenvalue weighted by molar-refractivity contribution is 5.79. The minimum atomic E-state index is -0.236. The second-order valence-electron chi connectivity index (χ2n) is 7.40. The van der Waals surface area contributed by atoms with Crippen LogP contribution in [0.4, 0.5) is 0 Å². The van der Waals surface area contributed by atoms with Crippen LogP contribution in [0.2, 0.25) is 0 Å².